The Morgan fingerprint density at radius 3 is 2.83 bits per heavy atom. The van der Waals surface area contributed by atoms with Gasteiger partial charge in [-0.05, 0) is 43.6 Å². The van der Waals surface area contributed by atoms with Crippen molar-refractivity contribution in [2.45, 2.75) is 37.6 Å². The van der Waals surface area contributed by atoms with Crippen LogP contribution in [0.25, 0.3) is 11.0 Å². The van der Waals surface area contributed by atoms with Crippen LogP contribution >= 0.6 is 11.5 Å². The number of hydrogen-bond acceptors (Lipinski definition) is 7. The molecular weight excluding hydrogens is 400 g/mol. The van der Waals surface area contributed by atoms with Crippen LogP contribution in [0, 0.1) is 11.8 Å². The number of anilines is 2. The maximum atomic E-state index is 12.7. The van der Waals surface area contributed by atoms with Crippen molar-refractivity contribution in [2.75, 3.05) is 30.4 Å². The van der Waals surface area contributed by atoms with Gasteiger partial charge in [-0.25, -0.2) is 19.7 Å². The van der Waals surface area contributed by atoms with Crippen LogP contribution < -0.4 is 10.2 Å². The number of fused-ring (bicyclic) bond motifs is 2. The molecule has 2 unspecified atom stereocenters. The largest absolute Gasteiger partial charge is 0.356 e. The van der Waals surface area contributed by atoms with Gasteiger partial charge in [-0.3, -0.25) is 5.32 Å². The molecule has 10 heteroatoms. The van der Waals surface area contributed by atoms with Crippen LogP contribution in [-0.2, 0) is 0 Å². The first kappa shape index (κ1) is 18.1. The topological polar surface area (TPSA) is 103 Å². The highest BCUT2D eigenvalue weighted by molar-refractivity contribution is 7.09. The minimum atomic E-state index is -0.0439. The van der Waals surface area contributed by atoms with E-state index in [1.807, 2.05) is 17.2 Å². The van der Waals surface area contributed by atoms with E-state index in [1.165, 1.54) is 24.4 Å². The average Bonchev–Trinajstić information content (AvgIpc) is 3.12. The van der Waals surface area contributed by atoms with Crippen LogP contribution in [0.4, 0.5) is 15.7 Å². The summed E-state index contributed by atoms with van der Waals surface area (Å²) < 4.78 is 4.37. The number of nitrogens with zero attached hydrogens (tertiary/aromatic N) is 6. The molecule has 6 rings (SSSR count). The van der Waals surface area contributed by atoms with Crippen LogP contribution in [0.3, 0.4) is 0 Å². The first-order valence-corrected chi connectivity index (χ1v) is 11.3. The Morgan fingerprint density at radius 2 is 2.07 bits per heavy atom. The number of H-pyrrole nitrogens is 1. The molecule has 1 aliphatic heterocycles. The second-order valence-electron chi connectivity index (χ2n) is 8.76. The smallest absolute Gasteiger partial charge is 0.323 e. The van der Waals surface area contributed by atoms with Crippen molar-refractivity contribution in [3.05, 3.63) is 24.4 Å². The highest BCUT2D eigenvalue weighted by atomic mass is 32.1. The lowest BCUT2D eigenvalue weighted by molar-refractivity contribution is 0.218. The molecule has 156 valence electrons. The summed E-state index contributed by atoms with van der Waals surface area (Å²) in [5.41, 5.74) is 0.870. The summed E-state index contributed by atoms with van der Waals surface area (Å²) >= 11 is 1.29. The summed E-state index contributed by atoms with van der Waals surface area (Å²) in [5.74, 6) is 3.44. The highest BCUT2D eigenvalue weighted by Crippen LogP contribution is 2.42. The van der Waals surface area contributed by atoms with Gasteiger partial charge in [-0.1, -0.05) is 0 Å². The zero-order valence-electron chi connectivity index (χ0n) is 16.8. The van der Waals surface area contributed by atoms with Gasteiger partial charge >= 0.3 is 6.03 Å². The fraction of sp³-hybridized carbons (Fsp3) is 0.550. The molecule has 0 bridgehead atoms. The molecule has 9 nitrogen and oxygen atoms in total. The second kappa shape index (κ2) is 6.90. The number of aromatic amines is 1. The van der Waals surface area contributed by atoms with E-state index in [4.69, 9.17) is 0 Å². The number of aromatic nitrogens is 5. The van der Waals surface area contributed by atoms with Crippen molar-refractivity contribution in [1.82, 2.24) is 29.2 Å². The fourth-order valence-corrected chi connectivity index (χ4v) is 5.66. The van der Waals surface area contributed by atoms with Gasteiger partial charge in [0.2, 0.25) is 5.13 Å². The summed E-state index contributed by atoms with van der Waals surface area (Å²) in [5, 5.41) is 4.63. The maximum Gasteiger partial charge on any atom is 0.323 e. The van der Waals surface area contributed by atoms with E-state index in [0.29, 0.717) is 28.9 Å². The van der Waals surface area contributed by atoms with Gasteiger partial charge in [-0.15, -0.1) is 0 Å². The molecule has 3 aromatic rings. The number of urea groups is 1. The molecule has 1 saturated heterocycles. The van der Waals surface area contributed by atoms with E-state index in [-0.39, 0.29) is 6.03 Å². The third-order valence-electron chi connectivity index (χ3n) is 6.83. The summed E-state index contributed by atoms with van der Waals surface area (Å²) in [6.45, 7) is 1.61. The molecule has 2 N–H and O–H groups in total. The maximum absolute atomic E-state index is 12.7. The second-order valence-corrected chi connectivity index (χ2v) is 9.51. The summed E-state index contributed by atoms with van der Waals surface area (Å²) in [6, 6.07) is 2.42. The molecule has 2 saturated carbocycles. The number of nitrogens with one attached hydrogen (secondary N) is 2. The molecule has 0 spiro atoms. The molecule has 3 aliphatic rings. The van der Waals surface area contributed by atoms with Gasteiger partial charge in [0, 0.05) is 49.8 Å². The SMILES string of the molecule is CN(c1ncnc2[nH]ccc12)C1CC2CN(C(=O)Nc3nc(C4CC4)ns3)C[C@@H]2C1. The van der Waals surface area contributed by atoms with Crippen molar-refractivity contribution in [3.63, 3.8) is 0 Å². The molecule has 0 aromatic carbocycles. The van der Waals surface area contributed by atoms with Crippen molar-refractivity contribution in [2.24, 2.45) is 11.8 Å². The number of carbonyl (C=O) groups excluding carboxylic acids is 1. The lowest BCUT2D eigenvalue weighted by Gasteiger charge is -2.27. The Balaban J connectivity index is 1.08. The number of rotatable bonds is 4. The number of carbonyl (C=O) groups is 1. The predicted octanol–water partition coefficient (Wildman–Crippen LogP) is 3.07. The monoisotopic (exact) mass is 424 g/mol. The van der Waals surface area contributed by atoms with Gasteiger partial charge in [0.15, 0.2) is 0 Å². The van der Waals surface area contributed by atoms with Crippen LogP contribution in [0.15, 0.2) is 18.6 Å². The number of hydrogen-bond donors (Lipinski definition) is 2. The molecular formula is C20H24N8OS. The standard InChI is InChI=1S/C20H24N8OS/c1-27(18-15-4-5-21-17(15)22-10-23-18)14-6-12-8-28(9-13(12)7-14)20(29)25-19-24-16(26-30-19)11-2-3-11/h4-5,10-14H,2-3,6-9H2,1H3,(H,21,22,23)(H,24,25,26,29)/t12-,13?,14?/m0/s1. The fourth-order valence-electron chi connectivity index (χ4n) is 5.03. The first-order chi connectivity index (χ1) is 14.7. The Bertz CT molecular complexity index is 1080. The van der Waals surface area contributed by atoms with E-state index in [1.54, 1.807) is 6.33 Å². The number of likely N-dealkylation sites (tertiary alicyclic amines) is 1. The van der Waals surface area contributed by atoms with Crippen LogP contribution in [-0.4, -0.2) is 61.4 Å². The molecule has 3 atom stereocenters. The summed E-state index contributed by atoms with van der Waals surface area (Å²) in [6.07, 6.45) is 8.01. The van der Waals surface area contributed by atoms with Crippen LogP contribution in [0.1, 0.15) is 37.4 Å². The lowest BCUT2D eigenvalue weighted by Crippen LogP contribution is -2.36. The third kappa shape index (κ3) is 3.10. The molecule has 2 aliphatic carbocycles. The van der Waals surface area contributed by atoms with Crippen molar-refractivity contribution < 1.29 is 4.79 Å². The lowest BCUT2D eigenvalue weighted by atomic mass is 10.0. The molecule has 0 radical (unpaired) electrons. The van der Waals surface area contributed by atoms with E-state index in [0.717, 1.165) is 48.6 Å². The molecule has 3 aromatic heterocycles. The third-order valence-corrected chi connectivity index (χ3v) is 7.47. The normalized spacial score (nSPS) is 25.6. The average molecular weight is 425 g/mol. The summed E-state index contributed by atoms with van der Waals surface area (Å²) in [4.78, 5) is 33.4. The van der Waals surface area contributed by atoms with E-state index in [9.17, 15) is 4.79 Å². The first-order valence-electron chi connectivity index (χ1n) is 10.6. The van der Waals surface area contributed by atoms with E-state index >= 15 is 0 Å². The predicted molar refractivity (Wildman–Crippen MR) is 115 cm³/mol. The quantitative estimate of drug-likeness (QED) is 0.667. The van der Waals surface area contributed by atoms with Gasteiger partial charge in [0.25, 0.3) is 0 Å². The van der Waals surface area contributed by atoms with Crippen LogP contribution in [0.5, 0.6) is 0 Å². The summed E-state index contributed by atoms with van der Waals surface area (Å²) in [7, 11) is 2.12. The zero-order valence-corrected chi connectivity index (χ0v) is 17.6. The molecule has 2 amide bonds. The van der Waals surface area contributed by atoms with Crippen molar-refractivity contribution in [3.8, 4) is 0 Å². The van der Waals surface area contributed by atoms with E-state index < -0.39 is 0 Å². The van der Waals surface area contributed by atoms with Gasteiger partial charge in [0.1, 0.15) is 23.6 Å². The molecule has 4 heterocycles. The minimum Gasteiger partial charge on any atom is -0.356 e. The zero-order chi connectivity index (χ0) is 20.2. The molecule has 30 heavy (non-hydrogen) atoms. The minimum absolute atomic E-state index is 0.0439. The van der Waals surface area contributed by atoms with E-state index in [2.05, 4.69) is 41.6 Å². The Morgan fingerprint density at radius 1 is 1.27 bits per heavy atom. The Labute approximate surface area is 178 Å². The van der Waals surface area contributed by atoms with Gasteiger partial charge < -0.3 is 14.8 Å². The number of amides is 2. The van der Waals surface area contributed by atoms with Crippen LogP contribution in [0.2, 0.25) is 0 Å². The van der Waals surface area contributed by atoms with Crippen molar-refractivity contribution >= 4 is 39.5 Å². The van der Waals surface area contributed by atoms with Crippen molar-refractivity contribution in [1.29, 1.82) is 0 Å². The van der Waals surface area contributed by atoms with Gasteiger partial charge in [-0.2, -0.15) is 4.37 Å². The Kier molecular flexibility index (Phi) is 4.15. The Hall–Kier alpha value is -2.75. The van der Waals surface area contributed by atoms with Gasteiger partial charge in [0.05, 0.1) is 5.39 Å². The highest BCUT2D eigenvalue weighted by Gasteiger charge is 2.44. The molecule has 3 fully saturated rings.